The Morgan fingerprint density at radius 3 is 2.15 bits per heavy atom. The van der Waals surface area contributed by atoms with Crippen molar-refractivity contribution < 1.29 is 23.7 Å². The average Bonchev–Trinajstić information content (AvgIpc) is 3.16. The van der Waals surface area contributed by atoms with E-state index in [2.05, 4.69) is 4.98 Å². The summed E-state index contributed by atoms with van der Waals surface area (Å²) in [6, 6.07) is 9.44. The molecule has 1 unspecified atom stereocenters. The highest BCUT2D eigenvalue weighted by molar-refractivity contribution is 7.13. The molecule has 0 fully saturated rings. The fourth-order valence-corrected chi connectivity index (χ4v) is 3.41. The molecular weight excluding hydrogens is 357 g/mol. The summed E-state index contributed by atoms with van der Waals surface area (Å²) in [6.07, 6.45) is -0.964. The van der Waals surface area contributed by atoms with Gasteiger partial charge < -0.3 is 19.3 Å². The van der Waals surface area contributed by atoms with Gasteiger partial charge in [0.1, 0.15) is 16.9 Å². The summed E-state index contributed by atoms with van der Waals surface area (Å²) in [5.41, 5.74) is 1.85. The summed E-state index contributed by atoms with van der Waals surface area (Å²) in [5, 5.41) is 13.2. The SMILES string of the molecule is COc1cc(C(O)c2csc(-c3ccc(F)cc3)n2)cc(OC)c1OC. The molecule has 7 heteroatoms. The maximum atomic E-state index is 13.1. The number of hydrogen-bond acceptors (Lipinski definition) is 6. The number of rotatable bonds is 6. The van der Waals surface area contributed by atoms with Crippen molar-refractivity contribution in [3.63, 3.8) is 0 Å². The minimum absolute atomic E-state index is 0.303. The molecule has 0 amide bonds. The number of aromatic nitrogens is 1. The topological polar surface area (TPSA) is 60.8 Å². The van der Waals surface area contributed by atoms with Gasteiger partial charge in [0.15, 0.2) is 11.5 Å². The van der Waals surface area contributed by atoms with E-state index in [9.17, 15) is 9.50 Å². The van der Waals surface area contributed by atoms with Gasteiger partial charge in [-0.05, 0) is 42.0 Å². The summed E-state index contributed by atoms with van der Waals surface area (Å²) in [6.45, 7) is 0. The summed E-state index contributed by atoms with van der Waals surface area (Å²) < 4.78 is 29.0. The summed E-state index contributed by atoms with van der Waals surface area (Å²) in [7, 11) is 4.55. The number of nitrogens with zero attached hydrogens (tertiary/aromatic N) is 1. The molecule has 1 heterocycles. The van der Waals surface area contributed by atoms with Gasteiger partial charge in [-0.3, -0.25) is 0 Å². The predicted octanol–water partition coefficient (Wildman–Crippen LogP) is 4.06. The van der Waals surface area contributed by atoms with E-state index in [1.54, 1.807) is 29.6 Å². The molecule has 1 aromatic heterocycles. The first kappa shape index (κ1) is 18.2. The molecular formula is C19H18FNO4S. The molecule has 0 spiro atoms. The zero-order valence-corrected chi connectivity index (χ0v) is 15.3. The first-order chi connectivity index (χ1) is 12.6. The normalized spacial score (nSPS) is 11.9. The van der Waals surface area contributed by atoms with Crippen LogP contribution in [-0.4, -0.2) is 31.4 Å². The Kier molecular flexibility index (Phi) is 5.39. The number of aliphatic hydroxyl groups is 1. The highest BCUT2D eigenvalue weighted by Crippen LogP contribution is 2.41. The molecule has 1 atom stereocenters. The number of thiazole rings is 1. The van der Waals surface area contributed by atoms with Crippen LogP contribution in [0.25, 0.3) is 10.6 Å². The smallest absolute Gasteiger partial charge is 0.203 e. The van der Waals surface area contributed by atoms with Gasteiger partial charge in [-0.2, -0.15) is 0 Å². The van der Waals surface area contributed by atoms with E-state index in [1.165, 1.54) is 44.8 Å². The highest BCUT2D eigenvalue weighted by Gasteiger charge is 2.20. The molecule has 0 saturated carbocycles. The first-order valence-corrected chi connectivity index (χ1v) is 8.64. The van der Waals surface area contributed by atoms with E-state index in [-0.39, 0.29) is 5.82 Å². The molecule has 0 bridgehead atoms. The van der Waals surface area contributed by atoms with Gasteiger partial charge >= 0.3 is 0 Å². The van der Waals surface area contributed by atoms with Crippen molar-refractivity contribution in [2.45, 2.75) is 6.10 Å². The lowest BCUT2D eigenvalue weighted by molar-refractivity contribution is 0.214. The van der Waals surface area contributed by atoms with Crippen molar-refractivity contribution in [2.75, 3.05) is 21.3 Å². The van der Waals surface area contributed by atoms with Crippen LogP contribution in [-0.2, 0) is 0 Å². The van der Waals surface area contributed by atoms with E-state index in [0.717, 1.165) is 5.56 Å². The largest absolute Gasteiger partial charge is 0.493 e. The van der Waals surface area contributed by atoms with Crippen molar-refractivity contribution in [2.24, 2.45) is 0 Å². The van der Waals surface area contributed by atoms with Gasteiger partial charge in [0.2, 0.25) is 5.75 Å². The standard InChI is InChI=1S/C19H18FNO4S/c1-23-15-8-12(9-16(24-2)18(15)25-3)17(22)14-10-26-19(21-14)11-4-6-13(20)7-5-11/h4-10,17,22H,1-3H3. The Morgan fingerprint density at radius 2 is 1.62 bits per heavy atom. The molecule has 3 aromatic rings. The van der Waals surface area contributed by atoms with Crippen LogP contribution in [0.1, 0.15) is 17.4 Å². The zero-order valence-electron chi connectivity index (χ0n) is 14.5. The molecule has 0 aliphatic carbocycles. The second kappa shape index (κ2) is 7.72. The number of methoxy groups -OCH3 is 3. The number of hydrogen-bond donors (Lipinski definition) is 1. The molecule has 0 saturated heterocycles. The van der Waals surface area contributed by atoms with Gasteiger partial charge in [-0.1, -0.05) is 0 Å². The lowest BCUT2D eigenvalue weighted by Gasteiger charge is -2.16. The fraction of sp³-hybridized carbons (Fsp3) is 0.211. The van der Waals surface area contributed by atoms with E-state index in [0.29, 0.717) is 33.5 Å². The molecule has 26 heavy (non-hydrogen) atoms. The summed E-state index contributed by atoms with van der Waals surface area (Å²) >= 11 is 1.38. The summed E-state index contributed by atoms with van der Waals surface area (Å²) in [4.78, 5) is 4.47. The van der Waals surface area contributed by atoms with Crippen molar-refractivity contribution in [3.05, 3.63) is 58.9 Å². The van der Waals surface area contributed by atoms with Crippen molar-refractivity contribution in [1.29, 1.82) is 0 Å². The van der Waals surface area contributed by atoms with Crippen LogP contribution >= 0.6 is 11.3 Å². The Labute approximate surface area is 154 Å². The third-order valence-corrected chi connectivity index (χ3v) is 4.81. The summed E-state index contributed by atoms with van der Waals surface area (Å²) in [5.74, 6) is 1.06. The lowest BCUT2D eigenvalue weighted by atomic mass is 10.1. The first-order valence-electron chi connectivity index (χ1n) is 7.76. The van der Waals surface area contributed by atoms with Crippen molar-refractivity contribution in [3.8, 4) is 27.8 Å². The third kappa shape index (κ3) is 3.49. The van der Waals surface area contributed by atoms with E-state index < -0.39 is 6.10 Å². The minimum Gasteiger partial charge on any atom is -0.493 e. The second-order valence-electron chi connectivity index (χ2n) is 5.45. The Morgan fingerprint density at radius 1 is 1.00 bits per heavy atom. The Bertz CT molecular complexity index is 870. The van der Waals surface area contributed by atoms with E-state index >= 15 is 0 Å². The monoisotopic (exact) mass is 375 g/mol. The number of halogens is 1. The van der Waals surface area contributed by atoms with Gasteiger partial charge in [0.25, 0.3) is 0 Å². The Hall–Kier alpha value is -2.64. The molecule has 136 valence electrons. The van der Waals surface area contributed by atoms with Crippen LogP contribution in [0.3, 0.4) is 0 Å². The molecule has 0 radical (unpaired) electrons. The van der Waals surface area contributed by atoms with Crippen molar-refractivity contribution in [1.82, 2.24) is 4.98 Å². The fourth-order valence-electron chi connectivity index (χ4n) is 2.57. The number of aliphatic hydroxyl groups excluding tert-OH is 1. The van der Waals surface area contributed by atoms with Crippen LogP contribution in [0.4, 0.5) is 4.39 Å². The second-order valence-corrected chi connectivity index (χ2v) is 6.30. The van der Waals surface area contributed by atoms with Crippen LogP contribution in [0, 0.1) is 5.82 Å². The van der Waals surface area contributed by atoms with Gasteiger partial charge in [-0.15, -0.1) is 11.3 Å². The lowest BCUT2D eigenvalue weighted by Crippen LogP contribution is -2.03. The maximum Gasteiger partial charge on any atom is 0.203 e. The quantitative estimate of drug-likeness (QED) is 0.704. The minimum atomic E-state index is -0.964. The molecule has 3 rings (SSSR count). The number of benzene rings is 2. The van der Waals surface area contributed by atoms with Gasteiger partial charge in [-0.25, -0.2) is 9.37 Å². The van der Waals surface area contributed by atoms with Gasteiger partial charge in [0.05, 0.1) is 27.0 Å². The van der Waals surface area contributed by atoms with Crippen LogP contribution in [0.5, 0.6) is 17.2 Å². The van der Waals surface area contributed by atoms with Crippen LogP contribution in [0.2, 0.25) is 0 Å². The van der Waals surface area contributed by atoms with Crippen molar-refractivity contribution >= 4 is 11.3 Å². The van der Waals surface area contributed by atoms with Crippen LogP contribution < -0.4 is 14.2 Å². The maximum absolute atomic E-state index is 13.1. The zero-order chi connectivity index (χ0) is 18.7. The highest BCUT2D eigenvalue weighted by atomic mass is 32.1. The average molecular weight is 375 g/mol. The molecule has 0 aliphatic heterocycles. The predicted molar refractivity (Wildman–Crippen MR) is 97.7 cm³/mol. The van der Waals surface area contributed by atoms with E-state index in [4.69, 9.17) is 14.2 Å². The molecule has 2 aromatic carbocycles. The molecule has 5 nitrogen and oxygen atoms in total. The van der Waals surface area contributed by atoms with Gasteiger partial charge in [0, 0.05) is 10.9 Å². The van der Waals surface area contributed by atoms with E-state index in [1.807, 2.05) is 0 Å². The molecule has 0 aliphatic rings. The molecule has 1 N–H and O–H groups in total. The van der Waals surface area contributed by atoms with Crippen LogP contribution in [0.15, 0.2) is 41.8 Å². The number of ether oxygens (including phenoxy) is 3. The third-order valence-electron chi connectivity index (χ3n) is 3.90. The Balaban J connectivity index is 1.94.